The number of rotatable bonds is 0. The number of nitrogens with two attached hydrogens (primary N) is 1. The summed E-state index contributed by atoms with van der Waals surface area (Å²) < 4.78 is 0. The van der Waals surface area contributed by atoms with Gasteiger partial charge in [0, 0.05) is 5.69 Å². The molecule has 0 aliphatic carbocycles. The molecule has 0 bridgehead atoms. The predicted octanol–water partition coefficient (Wildman–Crippen LogP) is -0.323. The molecule has 0 saturated heterocycles. The van der Waals surface area contributed by atoms with E-state index in [1.807, 2.05) is 0 Å². The Balaban J connectivity index is 0. The van der Waals surface area contributed by atoms with Crippen LogP contribution >= 0.6 is 0 Å². The summed E-state index contributed by atoms with van der Waals surface area (Å²) in [4.78, 5) is 0. The summed E-state index contributed by atoms with van der Waals surface area (Å²) in [6, 6.07) is 6.40. The second-order valence-corrected chi connectivity index (χ2v) is 1.59. The number of aromatic hydroxyl groups is 1. The van der Waals surface area contributed by atoms with Crippen LogP contribution in [0.15, 0.2) is 24.3 Å². The van der Waals surface area contributed by atoms with Gasteiger partial charge in [-0.3, -0.25) is 0 Å². The third kappa shape index (κ3) is 4.61. The average molecular weight is 157 g/mol. The minimum absolute atomic E-state index is 0. The molecule has 46 valence electrons. The van der Waals surface area contributed by atoms with Crippen LogP contribution in [-0.2, 0) is 0 Å². The summed E-state index contributed by atoms with van der Waals surface area (Å²) in [5.41, 5.74) is 5.98. The van der Waals surface area contributed by atoms with Gasteiger partial charge in [-0.2, -0.15) is 0 Å². The van der Waals surface area contributed by atoms with Crippen LogP contribution in [0, 0.1) is 0 Å². The zero-order chi connectivity index (χ0) is 5.98. The first kappa shape index (κ1) is 13.4. The molecule has 0 aliphatic heterocycles. The van der Waals surface area contributed by atoms with Gasteiger partial charge < -0.3 is 10.8 Å². The van der Waals surface area contributed by atoms with E-state index >= 15 is 0 Å². The first-order valence-electron chi connectivity index (χ1n) is 2.33. The number of nitrogen functional groups attached to an aromatic ring is 1. The van der Waals surface area contributed by atoms with Crippen LogP contribution in [0.25, 0.3) is 0 Å². The van der Waals surface area contributed by atoms with Gasteiger partial charge >= 0.3 is 59.1 Å². The topological polar surface area (TPSA) is 46.2 Å². The SMILES string of the molecule is Nc1ccc(O)cc1.[NaH].[NaH]. The predicted molar refractivity (Wildman–Crippen MR) is 46.8 cm³/mol. The van der Waals surface area contributed by atoms with E-state index in [-0.39, 0.29) is 64.9 Å². The molecule has 0 atom stereocenters. The van der Waals surface area contributed by atoms with Crippen molar-refractivity contribution in [1.82, 2.24) is 0 Å². The molecular weight excluding hydrogens is 148 g/mol. The Bertz CT molecular complexity index is 155. The van der Waals surface area contributed by atoms with Crippen LogP contribution in [0.1, 0.15) is 0 Å². The van der Waals surface area contributed by atoms with E-state index in [0.717, 1.165) is 0 Å². The van der Waals surface area contributed by atoms with Gasteiger partial charge in [0.25, 0.3) is 0 Å². The second kappa shape index (κ2) is 6.53. The zero-order valence-corrected chi connectivity index (χ0v) is 4.33. The van der Waals surface area contributed by atoms with Crippen molar-refractivity contribution in [2.24, 2.45) is 0 Å². The van der Waals surface area contributed by atoms with Gasteiger partial charge in [0.1, 0.15) is 5.75 Å². The fourth-order valence-electron chi connectivity index (χ4n) is 0.474. The molecule has 0 saturated carbocycles. The van der Waals surface area contributed by atoms with Crippen LogP contribution in [0.2, 0.25) is 0 Å². The Morgan fingerprint density at radius 2 is 1.40 bits per heavy atom. The summed E-state index contributed by atoms with van der Waals surface area (Å²) in [7, 11) is 0. The van der Waals surface area contributed by atoms with E-state index in [1.54, 1.807) is 24.3 Å². The number of hydrogen-bond acceptors (Lipinski definition) is 2. The van der Waals surface area contributed by atoms with Gasteiger partial charge in [-0.1, -0.05) is 0 Å². The maximum absolute atomic E-state index is 8.70. The molecule has 0 heterocycles. The Kier molecular flexibility index (Phi) is 8.75. The van der Waals surface area contributed by atoms with Crippen molar-refractivity contribution >= 4 is 64.8 Å². The number of hydrogen-bond donors (Lipinski definition) is 2. The van der Waals surface area contributed by atoms with E-state index in [4.69, 9.17) is 10.8 Å². The summed E-state index contributed by atoms with van der Waals surface area (Å²) in [5.74, 6) is 0.249. The van der Waals surface area contributed by atoms with Gasteiger partial charge in [0.05, 0.1) is 0 Å². The van der Waals surface area contributed by atoms with Crippen molar-refractivity contribution in [3.63, 3.8) is 0 Å². The number of phenols is 1. The van der Waals surface area contributed by atoms with Gasteiger partial charge in [-0.15, -0.1) is 0 Å². The summed E-state index contributed by atoms with van der Waals surface area (Å²) in [6.45, 7) is 0. The molecule has 3 N–H and O–H groups in total. The van der Waals surface area contributed by atoms with E-state index < -0.39 is 0 Å². The standard InChI is InChI=1S/C6H7NO.2Na.2H/c7-5-1-3-6(8)4-2-5;;;;/h1-4,8H,7H2;;;;. The molecule has 0 fully saturated rings. The molecule has 0 amide bonds. The third-order valence-corrected chi connectivity index (χ3v) is 0.893. The molecule has 0 radical (unpaired) electrons. The van der Waals surface area contributed by atoms with Crippen LogP contribution in [-0.4, -0.2) is 64.2 Å². The molecule has 0 aromatic heterocycles. The molecule has 0 spiro atoms. The summed E-state index contributed by atoms with van der Waals surface area (Å²) >= 11 is 0. The molecule has 1 rings (SSSR count). The average Bonchev–Trinajstić information content (AvgIpc) is 1.77. The third-order valence-electron chi connectivity index (χ3n) is 0.893. The fraction of sp³-hybridized carbons (Fsp3) is 0. The van der Waals surface area contributed by atoms with Crippen LogP contribution < -0.4 is 5.73 Å². The summed E-state index contributed by atoms with van der Waals surface area (Å²) in [5, 5.41) is 8.70. The van der Waals surface area contributed by atoms with Crippen LogP contribution in [0.3, 0.4) is 0 Å². The van der Waals surface area contributed by atoms with Crippen LogP contribution in [0.5, 0.6) is 5.75 Å². The second-order valence-electron chi connectivity index (χ2n) is 1.59. The number of anilines is 1. The molecular formula is C6H9NNa2O. The Morgan fingerprint density at radius 1 is 1.00 bits per heavy atom. The van der Waals surface area contributed by atoms with Crippen LogP contribution in [0.4, 0.5) is 5.69 Å². The molecule has 1 aromatic rings. The Hall–Kier alpha value is 0.820. The van der Waals surface area contributed by atoms with Gasteiger partial charge in [0.15, 0.2) is 0 Å². The summed E-state index contributed by atoms with van der Waals surface area (Å²) in [6.07, 6.45) is 0. The quantitative estimate of drug-likeness (QED) is 0.308. The normalized spacial score (nSPS) is 7.20. The van der Waals surface area contributed by atoms with Crippen molar-refractivity contribution in [3.05, 3.63) is 24.3 Å². The number of phenolic OH excluding ortho intramolecular Hbond substituents is 1. The van der Waals surface area contributed by atoms with E-state index in [1.165, 1.54) is 0 Å². The van der Waals surface area contributed by atoms with E-state index in [0.29, 0.717) is 5.69 Å². The Labute approximate surface area is 104 Å². The first-order chi connectivity index (χ1) is 3.79. The molecule has 4 heteroatoms. The Morgan fingerprint density at radius 3 is 1.70 bits per heavy atom. The van der Waals surface area contributed by atoms with Crippen molar-refractivity contribution < 1.29 is 5.11 Å². The van der Waals surface area contributed by atoms with Gasteiger partial charge in [0.2, 0.25) is 0 Å². The van der Waals surface area contributed by atoms with Crippen molar-refractivity contribution in [1.29, 1.82) is 0 Å². The molecule has 0 aliphatic rings. The van der Waals surface area contributed by atoms with Crippen molar-refractivity contribution in [2.75, 3.05) is 5.73 Å². The monoisotopic (exact) mass is 157 g/mol. The fourth-order valence-corrected chi connectivity index (χ4v) is 0.474. The molecule has 10 heavy (non-hydrogen) atoms. The maximum atomic E-state index is 8.70. The first-order valence-corrected chi connectivity index (χ1v) is 2.33. The minimum atomic E-state index is 0. The van der Waals surface area contributed by atoms with E-state index in [9.17, 15) is 0 Å². The van der Waals surface area contributed by atoms with E-state index in [2.05, 4.69) is 0 Å². The zero-order valence-electron chi connectivity index (χ0n) is 4.33. The molecule has 1 aromatic carbocycles. The molecule has 2 nitrogen and oxygen atoms in total. The number of benzene rings is 1. The van der Waals surface area contributed by atoms with Crippen molar-refractivity contribution in [2.45, 2.75) is 0 Å². The van der Waals surface area contributed by atoms with Gasteiger partial charge in [-0.05, 0) is 24.3 Å². The van der Waals surface area contributed by atoms with Gasteiger partial charge in [-0.25, -0.2) is 0 Å². The molecule has 0 unspecified atom stereocenters. The van der Waals surface area contributed by atoms with Crippen molar-refractivity contribution in [3.8, 4) is 5.75 Å².